The van der Waals surface area contributed by atoms with E-state index in [9.17, 15) is 10.1 Å². The maximum Gasteiger partial charge on any atom is 0.293 e. The Morgan fingerprint density at radius 1 is 1.57 bits per heavy atom. The summed E-state index contributed by atoms with van der Waals surface area (Å²) in [6.07, 6.45) is 3.38. The lowest BCUT2D eigenvalue weighted by atomic mass is 10.1. The van der Waals surface area contributed by atoms with Crippen LogP contribution in [0, 0.1) is 17.0 Å². The molecule has 1 unspecified atom stereocenters. The quantitative estimate of drug-likeness (QED) is 0.655. The molecule has 0 saturated carbocycles. The van der Waals surface area contributed by atoms with E-state index in [4.69, 9.17) is 0 Å². The highest BCUT2D eigenvalue weighted by atomic mass is 32.1. The van der Waals surface area contributed by atoms with Gasteiger partial charge in [0.2, 0.25) is 0 Å². The molecule has 6 nitrogen and oxygen atoms in total. The molecule has 7 heteroatoms. The van der Waals surface area contributed by atoms with Crippen LogP contribution in [0.5, 0.6) is 0 Å². The van der Waals surface area contributed by atoms with Gasteiger partial charge in [-0.25, -0.2) is 4.98 Å². The minimum atomic E-state index is -0.329. The van der Waals surface area contributed by atoms with Gasteiger partial charge in [-0.15, -0.1) is 11.3 Å². The molecular weight excluding hydrogens is 288 g/mol. The number of fused-ring (bicyclic) bond motifs is 1. The lowest BCUT2D eigenvalue weighted by Crippen LogP contribution is -2.24. The topological polar surface area (TPSA) is 80.1 Å². The molecule has 0 aliphatic carbocycles. The number of anilines is 1. The van der Waals surface area contributed by atoms with Gasteiger partial charge in [0.1, 0.15) is 5.69 Å². The summed E-state index contributed by atoms with van der Waals surface area (Å²) in [5.74, 6) is 0. The Hall–Kier alpha value is -1.73. The van der Waals surface area contributed by atoms with Crippen molar-refractivity contribution < 1.29 is 4.92 Å². The van der Waals surface area contributed by atoms with Crippen LogP contribution < -0.4 is 10.6 Å². The summed E-state index contributed by atoms with van der Waals surface area (Å²) in [4.78, 5) is 15.3. The van der Waals surface area contributed by atoms with Gasteiger partial charge in [-0.3, -0.25) is 10.1 Å². The van der Waals surface area contributed by atoms with Gasteiger partial charge in [0.05, 0.1) is 20.1 Å². The van der Waals surface area contributed by atoms with Crippen molar-refractivity contribution in [2.45, 2.75) is 32.2 Å². The number of hydrogen-bond acceptors (Lipinski definition) is 6. The summed E-state index contributed by atoms with van der Waals surface area (Å²) in [6.45, 7) is 3.72. The number of hydrogen-bond donors (Lipinski definition) is 2. The zero-order chi connectivity index (χ0) is 14.8. The fourth-order valence-electron chi connectivity index (χ4n) is 2.76. The Balaban J connectivity index is 1.78. The number of rotatable bonds is 5. The van der Waals surface area contributed by atoms with Crippen molar-refractivity contribution in [2.75, 3.05) is 18.4 Å². The highest BCUT2D eigenvalue weighted by molar-refractivity contribution is 7.18. The SMILES string of the molecule is Cc1nc2cc(NCCC3CCCN3)c([N+](=O)[O-])cc2s1. The number of nitro groups is 1. The second-order valence-electron chi connectivity index (χ2n) is 5.34. The van der Waals surface area contributed by atoms with E-state index in [-0.39, 0.29) is 10.6 Å². The fourth-order valence-corrected chi connectivity index (χ4v) is 3.60. The first-order chi connectivity index (χ1) is 10.1. The van der Waals surface area contributed by atoms with Crippen molar-refractivity contribution >= 4 is 32.9 Å². The monoisotopic (exact) mass is 306 g/mol. The molecule has 1 fully saturated rings. The number of aromatic nitrogens is 1. The van der Waals surface area contributed by atoms with E-state index in [2.05, 4.69) is 15.6 Å². The van der Waals surface area contributed by atoms with Crippen LogP contribution in [-0.2, 0) is 0 Å². The predicted molar refractivity (Wildman–Crippen MR) is 85.1 cm³/mol. The number of thiazole rings is 1. The third-order valence-electron chi connectivity index (χ3n) is 3.78. The Bertz CT molecular complexity index is 664. The predicted octanol–water partition coefficient (Wildman–Crippen LogP) is 3.07. The van der Waals surface area contributed by atoms with Crippen LogP contribution in [0.1, 0.15) is 24.3 Å². The average Bonchev–Trinajstić information content (AvgIpc) is 3.05. The molecule has 0 bridgehead atoms. The number of nitrogens with one attached hydrogen (secondary N) is 2. The molecule has 1 aliphatic rings. The molecule has 1 aromatic heterocycles. The van der Waals surface area contributed by atoms with Gasteiger partial charge >= 0.3 is 0 Å². The van der Waals surface area contributed by atoms with Crippen LogP contribution in [0.25, 0.3) is 10.2 Å². The van der Waals surface area contributed by atoms with E-state index in [1.54, 1.807) is 12.1 Å². The smallest absolute Gasteiger partial charge is 0.293 e. The van der Waals surface area contributed by atoms with Crippen LogP contribution in [-0.4, -0.2) is 29.0 Å². The minimum absolute atomic E-state index is 0.130. The average molecular weight is 306 g/mol. The van der Waals surface area contributed by atoms with Crippen molar-refractivity contribution in [3.8, 4) is 0 Å². The van der Waals surface area contributed by atoms with Crippen LogP contribution in [0.15, 0.2) is 12.1 Å². The Labute approximate surface area is 126 Å². The fraction of sp³-hybridized carbons (Fsp3) is 0.500. The van der Waals surface area contributed by atoms with Crippen LogP contribution in [0.2, 0.25) is 0 Å². The molecule has 1 saturated heterocycles. The van der Waals surface area contributed by atoms with Gasteiger partial charge in [-0.2, -0.15) is 0 Å². The number of aryl methyl sites for hydroxylation is 1. The van der Waals surface area contributed by atoms with Gasteiger partial charge in [0, 0.05) is 18.7 Å². The molecule has 2 aromatic rings. The molecule has 1 aliphatic heterocycles. The van der Waals surface area contributed by atoms with Crippen molar-refractivity contribution in [1.82, 2.24) is 10.3 Å². The number of benzene rings is 1. The van der Waals surface area contributed by atoms with E-state index in [0.717, 1.165) is 34.7 Å². The molecule has 0 spiro atoms. The lowest BCUT2D eigenvalue weighted by Gasteiger charge is -2.11. The van der Waals surface area contributed by atoms with Gasteiger partial charge in [0.15, 0.2) is 0 Å². The molecule has 0 amide bonds. The molecule has 112 valence electrons. The lowest BCUT2D eigenvalue weighted by molar-refractivity contribution is -0.383. The van der Waals surface area contributed by atoms with E-state index in [0.29, 0.717) is 11.7 Å². The molecule has 21 heavy (non-hydrogen) atoms. The molecule has 2 N–H and O–H groups in total. The Morgan fingerprint density at radius 3 is 3.14 bits per heavy atom. The highest BCUT2D eigenvalue weighted by Crippen LogP contribution is 2.33. The van der Waals surface area contributed by atoms with Crippen molar-refractivity contribution in [2.24, 2.45) is 0 Å². The normalized spacial score (nSPS) is 18.2. The largest absolute Gasteiger partial charge is 0.379 e. The van der Waals surface area contributed by atoms with Crippen LogP contribution in [0.3, 0.4) is 0 Å². The van der Waals surface area contributed by atoms with Crippen LogP contribution in [0.4, 0.5) is 11.4 Å². The molecule has 2 heterocycles. The van der Waals surface area contributed by atoms with E-state index >= 15 is 0 Å². The van der Waals surface area contributed by atoms with Crippen molar-refractivity contribution in [1.29, 1.82) is 0 Å². The minimum Gasteiger partial charge on any atom is -0.379 e. The van der Waals surface area contributed by atoms with E-state index in [1.165, 1.54) is 24.2 Å². The first-order valence-electron chi connectivity index (χ1n) is 7.16. The van der Waals surface area contributed by atoms with Gasteiger partial charge in [-0.1, -0.05) is 0 Å². The Kier molecular flexibility index (Phi) is 4.03. The van der Waals surface area contributed by atoms with E-state index in [1.807, 2.05) is 6.92 Å². The maximum absolute atomic E-state index is 11.2. The van der Waals surface area contributed by atoms with Gasteiger partial charge in [0.25, 0.3) is 5.69 Å². The first kappa shape index (κ1) is 14.2. The van der Waals surface area contributed by atoms with Gasteiger partial charge in [-0.05, 0) is 38.8 Å². The first-order valence-corrected chi connectivity index (χ1v) is 7.98. The highest BCUT2D eigenvalue weighted by Gasteiger charge is 2.18. The summed E-state index contributed by atoms with van der Waals surface area (Å²) in [5, 5.41) is 18.8. The zero-order valence-electron chi connectivity index (χ0n) is 11.9. The van der Waals surface area contributed by atoms with Gasteiger partial charge < -0.3 is 10.6 Å². The second-order valence-corrected chi connectivity index (χ2v) is 6.57. The zero-order valence-corrected chi connectivity index (χ0v) is 12.7. The summed E-state index contributed by atoms with van der Waals surface area (Å²) in [6, 6.07) is 3.94. The molecule has 3 rings (SSSR count). The summed E-state index contributed by atoms with van der Waals surface area (Å²) >= 11 is 1.48. The standard InChI is InChI=1S/C14H18N4O2S/c1-9-17-12-7-11(13(18(19)20)8-14(12)21-9)16-6-4-10-3-2-5-15-10/h7-8,10,15-16H,2-6H2,1H3. The molecule has 0 radical (unpaired) electrons. The second kappa shape index (κ2) is 5.95. The third kappa shape index (κ3) is 3.14. The van der Waals surface area contributed by atoms with E-state index < -0.39 is 0 Å². The van der Waals surface area contributed by atoms with Crippen molar-refractivity contribution in [3.63, 3.8) is 0 Å². The number of nitro benzene ring substituents is 1. The molecule has 1 aromatic carbocycles. The van der Waals surface area contributed by atoms with Crippen LogP contribution >= 0.6 is 11.3 Å². The summed E-state index contributed by atoms with van der Waals surface area (Å²) < 4.78 is 0.863. The number of nitrogens with zero attached hydrogens (tertiary/aromatic N) is 2. The molecule has 1 atom stereocenters. The Morgan fingerprint density at radius 2 is 2.43 bits per heavy atom. The summed E-state index contributed by atoms with van der Waals surface area (Å²) in [5.41, 5.74) is 1.52. The maximum atomic E-state index is 11.2. The third-order valence-corrected chi connectivity index (χ3v) is 4.71. The van der Waals surface area contributed by atoms with Crippen molar-refractivity contribution in [3.05, 3.63) is 27.3 Å². The molecular formula is C14H18N4O2S. The summed E-state index contributed by atoms with van der Waals surface area (Å²) in [7, 11) is 0.